The molecule has 1 amide bonds. The van der Waals surface area contributed by atoms with E-state index in [0.29, 0.717) is 24.0 Å². The van der Waals surface area contributed by atoms with Crippen molar-refractivity contribution >= 4 is 32.6 Å². The van der Waals surface area contributed by atoms with Gasteiger partial charge in [-0.15, -0.1) is 0 Å². The number of nitrogens with zero attached hydrogens (tertiary/aromatic N) is 2. The van der Waals surface area contributed by atoms with Crippen LogP contribution >= 0.6 is 11.3 Å². The van der Waals surface area contributed by atoms with Crippen LogP contribution in [0.4, 0.5) is 5.13 Å². The summed E-state index contributed by atoms with van der Waals surface area (Å²) in [7, 11) is 0. The molecule has 30 heavy (non-hydrogen) atoms. The van der Waals surface area contributed by atoms with Crippen molar-refractivity contribution in [3.8, 4) is 0 Å². The Kier molecular flexibility index (Phi) is 6.00. The van der Waals surface area contributed by atoms with Gasteiger partial charge in [-0.3, -0.25) is 9.69 Å². The van der Waals surface area contributed by atoms with Crippen molar-refractivity contribution in [2.24, 2.45) is 0 Å². The smallest absolute Gasteiger partial charge is 0.233 e. The van der Waals surface area contributed by atoms with Gasteiger partial charge in [0.2, 0.25) is 5.91 Å². The van der Waals surface area contributed by atoms with E-state index in [-0.39, 0.29) is 5.91 Å². The molecule has 0 spiro atoms. The molecule has 5 heteroatoms. The zero-order valence-corrected chi connectivity index (χ0v) is 18.4. The molecule has 4 nitrogen and oxygen atoms in total. The first-order valence-corrected chi connectivity index (χ1v) is 11.2. The van der Waals surface area contributed by atoms with Gasteiger partial charge in [0.1, 0.15) is 5.76 Å². The summed E-state index contributed by atoms with van der Waals surface area (Å²) in [6.45, 7) is 6.84. The van der Waals surface area contributed by atoms with E-state index in [9.17, 15) is 4.79 Å². The van der Waals surface area contributed by atoms with Gasteiger partial charge < -0.3 is 4.42 Å². The molecule has 0 aliphatic heterocycles. The number of carbonyl (C=O) groups is 1. The topological polar surface area (TPSA) is 46.3 Å². The number of hydrogen-bond acceptors (Lipinski definition) is 4. The Morgan fingerprint density at radius 2 is 1.90 bits per heavy atom. The number of amides is 1. The SMILES string of the molecule is CCc1cccc2sc(N(Cc3ccco3)C(=O)Cc3ccc(C(C)C)cc3)nc12. The first-order chi connectivity index (χ1) is 14.5. The summed E-state index contributed by atoms with van der Waals surface area (Å²) >= 11 is 1.55. The lowest BCUT2D eigenvalue weighted by atomic mass is 10.0. The van der Waals surface area contributed by atoms with E-state index in [0.717, 1.165) is 28.0 Å². The van der Waals surface area contributed by atoms with Gasteiger partial charge in [-0.2, -0.15) is 0 Å². The Morgan fingerprint density at radius 1 is 1.10 bits per heavy atom. The Balaban J connectivity index is 1.65. The third kappa shape index (κ3) is 4.31. The van der Waals surface area contributed by atoms with E-state index in [4.69, 9.17) is 9.40 Å². The summed E-state index contributed by atoms with van der Waals surface area (Å²) in [4.78, 5) is 19.9. The highest BCUT2D eigenvalue weighted by Gasteiger charge is 2.22. The number of benzene rings is 2. The van der Waals surface area contributed by atoms with Crippen molar-refractivity contribution < 1.29 is 9.21 Å². The molecule has 2 aromatic heterocycles. The van der Waals surface area contributed by atoms with Gasteiger partial charge in [0.25, 0.3) is 0 Å². The average Bonchev–Trinajstić information content (AvgIpc) is 3.41. The largest absolute Gasteiger partial charge is 0.467 e. The molecule has 0 saturated carbocycles. The summed E-state index contributed by atoms with van der Waals surface area (Å²) in [5.74, 6) is 1.23. The number of para-hydroxylation sites is 1. The number of furan rings is 1. The zero-order valence-electron chi connectivity index (χ0n) is 17.6. The first-order valence-electron chi connectivity index (χ1n) is 10.3. The molecule has 4 rings (SSSR count). The third-order valence-corrected chi connectivity index (χ3v) is 6.34. The molecule has 0 bridgehead atoms. The highest BCUT2D eigenvalue weighted by atomic mass is 32.1. The lowest BCUT2D eigenvalue weighted by Crippen LogP contribution is -2.31. The lowest BCUT2D eigenvalue weighted by Gasteiger charge is -2.19. The van der Waals surface area contributed by atoms with Crippen LogP contribution in [0.1, 0.15) is 49.1 Å². The standard InChI is InChI=1S/C25H26N2O2S/c1-4-19-7-5-9-22-24(19)26-25(30-22)27(16-21-8-6-14-29-21)23(28)15-18-10-12-20(13-11-18)17(2)3/h5-14,17H,4,15-16H2,1-3H3. The van der Waals surface area contributed by atoms with Crippen molar-refractivity contribution in [2.45, 2.75) is 46.1 Å². The zero-order chi connectivity index (χ0) is 21.1. The fourth-order valence-electron chi connectivity index (χ4n) is 3.51. The van der Waals surface area contributed by atoms with E-state index >= 15 is 0 Å². The Bertz CT molecular complexity index is 1130. The minimum absolute atomic E-state index is 0.0146. The summed E-state index contributed by atoms with van der Waals surface area (Å²) in [6, 6.07) is 18.3. The molecule has 0 N–H and O–H groups in total. The lowest BCUT2D eigenvalue weighted by molar-refractivity contribution is -0.118. The predicted molar refractivity (Wildman–Crippen MR) is 123 cm³/mol. The maximum Gasteiger partial charge on any atom is 0.233 e. The second kappa shape index (κ2) is 8.84. The maximum atomic E-state index is 13.3. The van der Waals surface area contributed by atoms with Gasteiger partial charge in [0, 0.05) is 0 Å². The fraction of sp³-hybridized carbons (Fsp3) is 0.280. The van der Waals surface area contributed by atoms with Crippen molar-refractivity contribution in [3.63, 3.8) is 0 Å². The van der Waals surface area contributed by atoms with Crippen LogP contribution in [0.5, 0.6) is 0 Å². The summed E-state index contributed by atoms with van der Waals surface area (Å²) in [6.07, 6.45) is 2.88. The van der Waals surface area contributed by atoms with Gasteiger partial charge in [0.05, 0.1) is 29.4 Å². The van der Waals surface area contributed by atoms with Gasteiger partial charge in [-0.1, -0.05) is 68.5 Å². The van der Waals surface area contributed by atoms with Crippen LogP contribution in [0.25, 0.3) is 10.2 Å². The van der Waals surface area contributed by atoms with Gasteiger partial charge in [-0.25, -0.2) is 4.98 Å². The van der Waals surface area contributed by atoms with Crippen LogP contribution in [0.15, 0.2) is 65.3 Å². The molecular weight excluding hydrogens is 392 g/mol. The number of fused-ring (bicyclic) bond motifs is 1. The second-order valence-corrected chi connectivity index (χ2v) is 8.76. The number of hydrogen-bond donors (Lipinski definition) is 0. The van der Waals surface area contributed by atoms with E-state index in [1.54, 1.807) is 22.5 Å². The predicted octanol–water partition coefficient (Wildman–Crippen LogP) is 6.35. The van der Waals surface area contributed by atoms with E-state index in [1.165, 1.54) is 11.1 Å². The maximum absolute atomic E-state index is 13.3. The van der Waals surface area contributed by atoms with E-state index in [1.807, 2.05) is 24.3 Å². The molecule has 2 heterocycles. The molecule has 0 aliphatic carbocycles. The van der Waals surface area contributed by atoms with Crippen LogP contribution in [0.2, 0.25) is 0 Å². The van der Waals surface area contributed by atoms with Crippen molar-refractivity contribution in [1.29, 1.82) is 0 Å². The summed E-state index contributed by atoms with van der Waals surface area (Å²) in [5.41, 5.74) is 4.46. The monoisotopic (exact) mass is 418 g/mol. The summed E-state index contributed by atoms with van der Waals surface area (Å²) < 4.78 is 6.63. The average molecular weight is 419 g/mol. The Morgan fingerprint density at radius 3 is 2.57 bits per heavy atom. The molecule has 4 aromatic rings. The molecule has 0 aliphatic rings. The molecule has 0 atom stereocenters. The van der Waals surface area contributed by atoms with Gasteiger partial charge in [-0.05, 0) is 47.2 Å². The first kappa shape index (κ1) is 20.4. The molecule has 0 saturated heterocycles. The number of aryl methyl sites for hydroxylation is 1. The molecule has 154 valence electrons. The van der Waals surface area contributed by atoms with E-state index < -0.39 is 0 Å². The summed E-state index contributed by atoms with van der Waals surface area (Å²) in [5, 5.41) is 0.714. The quantitative estimate of drug-likeness (QED) is 0.351. The number of anilines is 1. The number of aromatic nitrogens is 1. The van der Waals surface area contributed by atoms with Crippen LogP contribution < -0.4 is 4.90 Å². The Labute approximate surface area is 181 Å². The Hall–Kier alpha value is -2.92. The normalized spacial score (nSPS) is 11.3. The van der Waals surface area contributed by atoms with Crippen molar-refractivity contribution in [1.82, 2.24) is 4.98 Å². The van der Waals surface area contributed by atoms with E-state index in [2.05, 4.69) is 51.1 Å². The van der Waals surface area contributed by atoms with Crippen LogP contribution in [0, 0.1) is 0 Å². The molecule has 0 radical (unpaired) electrons. The highest BCUT2D eigenvalue weighted by Crippen LogP contribution is 2.32. The second-order valence-electron chi connectivity index (χ2n) is 7.75. The highest BCUT2D eigenvalue weighted by molar-refractivity contribution is 7.22. The molecule has 2 aromatic carbocycles. The number of thiazole rings is 1. The van der Waals surface area contributed by atoms with Gasteiger partial charge >= 0.3 is 0 Å². The van der Waals surface area contributed by atoms with Gasteiger partial charge in [0.15, 0.2) is 5.13 Å². The minimum Gasteiger partial charge on any atom is -0.467 e. The molecule has 0 unspecified atom stereocenters. The van der Waals surface area contributed by atoms with Crippen LogP contribution in [0.3, 0.4) is 0 Å². The third-order valence-electron chi connectivity index (χ3n) is 5.30. The van der Waals surface area contributed by atoms with Crippen LogP contribution in [-0.2, 0) is 24.2 Å². The minimum atomic E-state index is 0.0146. The molecule has 0 fully saturated rings. The van der Waals surface area contributed by atoms with Crippen molar-refractivity contribution in [3.05, 3.63) is 83.3 Å². The van der Waals surface area contributed by atoms with Crippen LogP contribution in [-0.4, -0.2) is 10.9 Å². The fourth-order valence-corrected chi connectivity index (χ4v) is 4.54. The van der Waals surface area contributed by atoms with Crippen molar-refractivity contribution in [2.75, 3.05) is 4.90 Å². The number of rotatable bonds is 7. The molecular formula is C25H26N2O2S. The number of carbonyl (C=O) groups excluding carboxylic acids is 1.